The van der Waals surface area contributed by atoms with E-state index in [0.717, 1.165) is 10.9 Å². The number of aromatic nitrogens is 2. The van der Waals surface area contributed by atoms with Crippen molar-refractivity contribution in [3.8, 4) is 11.3 Å². The summed E-state index contributed by atoms with van der Waals surface area (Å²) in [6, 6.07) is 5.37. The van der Waals surface area contributed by atoms with E-state index in [9.17, 15) is 4.79 Å². The Balaban J connectivity index is 2.28. The topological polar surface area (TPSA) is 81.0 Å². The summed E-state index contributed by atoms with van der Waals surface area (Å²) < 4.78 is 5.10. The van der Waals surface area contributed by atoms with Gasteiger partial charge in [-0.2, -0.15) is 0 Å². The summed E-state index contributed by atoms with van der Waals surface area (Å²) in [5.74, 6) is -0.425. The predicted molar refractivity (Wildman–Crippen MR) is 84.8 cm³/mol. The Morgan fingerprint density at radius 2 is 2.33 bits per heavy atom. The number of ether oxygens (including phenoxy) is 1. The fraction of sp³-hybridized carbons (Fsp3) is 0.143. The lowest BCUT2D eigenvalue weighted by atomic mass is 10.1. The number of carbonyl (C=O) groups is 1. The van der Waals surface area contributed by atoms with Crippen molar-refractivity contribution in [3.05, 3.63) is 34.3 Å². The highest BCUT2D eigenvalue weighted by molar-refractivity contribution is 7.13. The summed E-state index contributed by atoms with van der Waals surface area (Å²) in [7, 11) is 0. The molecular weight excluding hydrogens is 310 g/mol. The van der Waals surface area contributed by atoms with Gasteiger partial charge in [0.2, 0.25) is 0 Å². The van der Waals surface area contributed by atoms with Crippen LogP contribution in [-0.2, 0) is 4.74 Å². The van der Waals surface area contributed by atoms with E-state index in [1.165, 1.54) is 11.3 Å². The van der Waals surface area contributed by atoms with E-state index in [0.29, 0.717) is 33.7 Å². The van der Waals surface area contributed by atoms with E-state index < -0.39 is 5.97 Å². The van der Waals surface area contributed by atoms with Gasteiger partial charge in [-0.1, -0.05) is 11.6 Å². The lowest BCUT2D eigenvalue weighted by Crippen LogP contribution is -2.06. The third kappa shape index (κ3) is 2.48. The van der Waals surface area contributed by atoms with Crippen LogP contribution in [0.5, 0.6) is 0 Å². The number of hydrogen-bond acceptors (Lipinski definition) is 5. The SMILES string of the molecule is CCOC(=O)c1[nH]c2ccc(Cl)cc2c1-c1csc(N)n1. The second kappa shape index (κ2) is 5.38. The number of nitrogen functional groups attached to an aromatic ring is 1. The molecule has 0 unspecified atom stereocenters. The molecule has 0 atom stereocenters. The van der Waals surface area contributed by atoms with Crippen LogP contribution >= 0.6 is 22.9 Å². The van der Waals surface area contributed by atoms with Crippen molar-refractivity contribution in [2.45, 2.75) is 6.92 Å². The predicted octanol–water partition coefficient (Wildman–Crippen LogP) is 3.70. The number of benzene rings is 1. The molecule has 0 saturated heterocycles. The maximum atomic E-state index is 12.2. The molecule has 1 aromatic carbocycles. The number of nitrogens with zero attached hydrogens (tertiary/aromatic N) is 1. The van der Waals surface area contributed by atoms with Gasteiger partial charge in [0.1, 0.15) is 5.69 Å². The average molecular weight is 322 g/mol. The molecule has 7 heteroatoms. The zero-order chi connectivity index (χ0) is 15.0. The number of H-pyrrole nitrogens is 1. The first-order valence-corrected chi connectivity index (χ1v) is 7.55. The van der Waals surface area contributed by atoms with Crippen LogP contribution in [0, 0.1) is 0 Å². The Bertz CT molecular complexity index is 825. The summed E-state index contributed by atoms with van der Waals surface area (Å²) in [5.41, 5.74) is 8.15. The Labute approximate surface area is 129 Å². The smallest absolute Gasteiger partial charge is 0.355 e. The molecule has 0 aliphatic rings. The number of halogens is 1. The number of nitrogens with one attached hydrogen (secondary N) is 1. The Hall–Kier alpha value is -2.05. The minimum Gasteiger partial charge on any atom is -0.461 e. The number of hydrogen-bond donors (Lipinski definition) is 2. The number of esters is 1. The van der Waals surface area contributed by atoms with Gasteiger partial charge < -0.3 is 15.5 Å². The van der Waals surface area contributed by atoms with Crippen molar-refractivity contribution in [1.29, 1.82) is 0 Å². The molecule has 3 N–H and O–H groups in total. The van der Waals surface area contributed by atoms with Crippen LogP contribution in [0.4, 0.5) is 5.13 Å². The summed E-state index contributed by atoms with van der Waals surface area (Å²) in [5, 5.41) is 3.65. The number of thiazole rings is 1. The van der Waals surface area contributed by atoms with Crippen molar-refractivity contribution < 1.29 is 9.53 Å². The molecule has 108 valence electrons. The molecule has 5 nitrogen and oxygen atoms in total. The maximum Gasteiger partial charge on any atom is 0.355 e. The lowest BCUT2D eigenvalue weighted by molar-refractivity contribution is 0.0521. The van der Waals surface area contributed by atoms with E-state index in [4.69, 9.17) is 22.1 Å². The summed E-state index contributed by atoms with van der Waals surface area (Å²) in [6.45, 7) is 2.06. The number of fused-ring (bicyclic) bond motifs is 1. The van der Waals surface area contributed by atoms with Gasteiger partial charge in [0.15, 0.2) is 5.13 Å². The summed E-state index contributed by atoms with van der Waals surface area (Å²) in [6.07, 6.45) is 0. The van der Waals surface area contributed by atoms with E-state index >= 15 is 0 Å². The van der Waals surface area contributed by atoms with Gasteiger partial charge in [-0.05, 0) is 25.1 Å². The van der Waals surface area contributed by atoms with E-state index in [1.54, 1.807) is 19.1 Å². The van der Waals surface area contributed by atoms with Gasteiger partial charge in [-0.15, -0.1) is 11.3 Å². The average Bonchev–Trinajstić information content (AvgIpc) is 3.02. The number of carbonyl (C=O) groups excluding carboxylic acids is 1. The third-order valence-corrected chi connectivity index (χ3v) is 3.93. The molecule has 2 aromatic heterocycles. The zero-order valence-corrected chi connectivity index (χ0v) is 12.7. The Morgan fingerprint density at radius 1 is 1.52 bits per heavy atom. The molecular formula is C14H12ClN3O2S. The first-order valence-electron chi connectivity index (χ1n) is 6.30. The second-order valence-electron chi connectivity index (χ2n) is 4.36. The molecule has 0 fully saturated rings. The van der Waals surface area contributed by atoms with Gasteiger partial charge >= 0.3 is 5.97 Å². The van der Waals surface area contributed by atoms with Crippen LogP contribution in [-0.4, -0.2) is 22.5 Å². The van der Waals surface area contributed by atoms with Crippen molar-refractivity contribution in [2.75, 3.05) is 12.3 Å². The second-order valence-corrected chi connectivity index (χ2v) is 5.68. The Morgan fingerprint density at radius 3 is 3.00 bits per heavy atom. The molecule has 2 heterocycles. The quantitative estimate of drug-likeness (QED) is 0.721. The first kappa shape index (κ1) is 13.9. The highest BCUT2D eigenvalue weighted by Gasteiger charge is 2.22. The van der Waals surface area contributed by atoms with Crippen LogP contribution in [0.15, 0.2) is 23.6 Å². The van der Waals surface area contributed by atoms with Crippen molar-refractivity contribution in [2.24, 2.45) is 0 Å². The van der Waals surface area contributed by atoms with Crippen LogP contribution in [0.3, 0.4) is 0 Å². The largest absolute Gasteiger partial charge is 0.461 e. The van der Waals surface area contributed by atoms with Gasteiger partial charge in [0, 0.05) is 26.9 Å². The van der Waals surface area contributed by atoms with E-state index in [-0.39, 0.29) is 0 Å². The molecule has 0 aliphatic carbocycles. The number of anilines is 1. The molecule has 3 aromatic rings. The van der Waals surface area contributed by atoms with Gasteiger partial charge in [-0.3, -0.25) is 0 Å². The molecule has 0 aliphatic heterocycles. The normalized spacial score (nSPS) is 11.0. The number of aromatic amines is 1. The summed E-state index contributed by atoms with van der Waals surface area (Å²) >= 11 is 7.38. The van der Waals surface area contributed by atoms with Gasteiger partial charge in [0.05, 0.1) is 12.3 Å². The Kier molecular flexibility index (Phi) is 3.57. The molecule has 21 heavy (non-hydrogen) atoms. The highest BCUT2D eigenvalue weighted by atomic mass is 35.5. The maximum absolute atomic E-state index is 12.2. The molecule has 0 bridgehead atoms. The molecule has 0 spiro atoms. The first-order chi connectivity index (χ1) is 10.1. The van der Waals surface area contributed by atoms with Crippen LogP contribution in [0.25, 0.3) is 22.2 Å². The standard InChI is InChI=1S/C14H12ClN3O2S/c1-2-20-13(19)12-11(10-6-21-14(16)18-10)8-5-7(15)3-4-9(8)17-12/h3-6,17H,2H2,1H3,(H2,16,18). The molecule has 0 radical (unpaired) electrons. The fourth-order valence-corrected chi connectivity index (χ4v) is 2.92. The van der Waals surface area contributed by atoms with Gasteiger partial charge in [0.25, 0.3) is 0 Å². The fourth-order valence-electron chi connectivity index (χ4n) is 2.19. The van der Waals surface area contributed by atoms with Crippen molar-refractivity contribution in [1.82, 2.24) is 9.97 Å². The number of rotatable bonds is 3. The van der Waals surface area contributed by atoms with E-state index in [2.05, 4.69) is 9.97 Å². The van der Waals surface area contributed by atoms with Crippen LogP contribution in [0.2, 0.25) is 5.02 Å². The van der Waals surface area contributed by atoms with Crippen LogP contribution in [0.1, 0.15) is 17.4 Å². The minimum atomic E-state index is -0.425. The third-order valence-electron chi connectivity index (χ3n) is 3.02. The van der Waals surface area contributed by atoms with Crippen molar-refractivity contribution in [3.63, 3.8) is 0 Å². The minimum absolute atomic E-state index is 0.299. The highest BCUT2D eigenvalue weighted by Crippen LogP contribution is 2.35. The van der Waals surface area contributed by atoms with Crippen LogP contribution < -0.4 is 5.73 Å². The molecule has 0 amide bonds. The van der Waals surface area contributed by atoms with Gasteiger partial charge in [-0.25, -0.2) is 9.78 Å². The lowest BCUT2D eigenvalue weighted by Gasteiger charge is -2.02. The molecule has 0 saturated carbocycles. The molecule has 3 rings (SSSR count). The zero-order valence-electron chi connectivity index (χ0n) is 11.1. The number of nitrogens with two attached hydrogens (primary N) is 1. The van der Waals surface area contributed by atoms with E-state index in [1.807, 2.05) is 11.4 Å². The van der Waals surface area contributed by atoms with Crippen molar-refractivity contribution >= 4 is 44.9 Å². The monoisotopic (exact) mass is 321 g/mol. The summed E-state index contributed by atoms with van der Waals surface area (Å²) in [4.78, 5) is 19.5.